The van der Waals surface area contributed by atoms with Crippen LogP contribution in [-0.4, -0.2) is 12.9 Å². The lowest BCUT2D eigenvalue weighted by Gasteiger charge is -2.11. The van der Waals surface area contributed by atoms with Gasteiger partial charge in [-0.15, -0.1) is 0 Å². The largest absolute Gasteiger partial charge is 0.376 e. The Balaban J connectivity index is 2.36. The average molecular weight is 232 g/mol. The smallest absolute Gasteiger partial charge is 0.145 e. The number of aldehydes is 1. The molecule has 92 valence electrons. The molecule has 0 bridgehead atoms. The normalized spacial score (nSPS) is 13.4. The van der Waals surface area contributed by atoms with Gasteiger partial charge >= 0.3 is 0 Å². The highest BCUT2D eigenvalue weighted by molar-refractivity contribution is 5.72. The summed E-state index contributed by atoms with van der Waals surface area (Å²) in [6.07, 6.45) is 3.86. The van der Waals surface area contributed by atoms with Crippen LogP contribution in [0.1, 0.15) is 25.8 Å². The van der Waals surface area contributed by atoms with Crippen LogP contribution in [-0.2, 0) is 16.1 Å². The number of rotatable bonds is 7. The monoisotopic (exact) mass is 232 g/mol. The number of carbonyl (C=O) groups excluding carboxylic acids is 1. The van der Waals surface area contributed by atoms with E-state index in [0.717, 1.165) is 18.3 Å². The molecule has 0 unspecified atom stereocenters. The van der Waals surface area contributed by atoms with Crippen molar-refractivity contribution in [1.82, 2.24) is 0 Å². The van der Waals surface area contributed by atoms with Gasteiger partial charge in [-0.3, -0.25) is 4.79 Å². The molecule has 0 radical (unpaired) electrons. The van der Waals surface area contributed by atoms with Gasteiger partial charge in [0.1, 0.15) is 6.29 Å². The molecular formula is C15H20O2. The number of carbonyl (C=O) groups is 1. The van der Waals surface area contributed by atoms with Crippen molar-refractivity contribution in [2.24, 2.45) is 5.92 Å². The molecule has 0 saturated heterocycles. The molecule has 0 aromatic heterocycles. The topological polar surface area (TPSA) is 26.3 Å². The molecule has 0 aliphatic heterocycles. The van der Waals surface area contributed by atoms with Gasteiger partial charge in [0.05, 0.1) is 13.2 Å². The van der Waals surface area contributed by atoms with Gasteiger partial charge in [-0.1, -0.05) is 43.3 Å². The van der Waals surface area contributed by atoms with E-state index in [1.807, 2.05) is 43.3 Å². The second-order valence-electron chi connectivity index (χ2n) is 4.20. The minimum absolute atomic E-state index is 0.323. The summed E-state index contributed by atoms with van der Waals surface area (Å²) in [7, 11) is 0. The van der Waals surface area contributed by atoms with Crippen LogP contribution in [0.3, 0.4) is 0 Å². The molecule has 2 heteroatoms. The van der Waals surface area contributed by atoms with Gasteiger partial charge in [0.15, 0.2) is 0 Å². The lowest BCUT2D eigenvalue weighted by molar-refractivity contribution is -0.104. The molecule has 0 fully saturated rings. The van der Waals surface area contributed by atoms with Crippen LogP contribution in [0.25, 0.3) is 0 Å². The van der Waals surface area contributed by atoms with Crippen LogP contribution in [0, 0.1) is 5.92 Å². The summed E-state index contributed by atoms with van der Waals surface area (Å²) in [6.45, 7) is 5.22. The molecule has 1 aromatic rings. The number of benzene rings is 1. The molecule has 1 rings (SSSR count). The van der Waals surface area contributed by atoms with Gasteiger partial charge in [-0.25, -0.2) is 0 Å². The zero-order valence-electron chi connectivity index (χ0n) is 10.6. The summed E-state index contributed by atoms with van der Waals surface area (Å²) in [5.41, 5.74) is 1.96. The van der Waals surface area contributed by atoms with E-state index >= 15 is 0 Å². The van der Waals surface area contributed by atoms with E-state index in [4.69, 9.17) is 4.74 Å². The van der Waals surface area contributed by atoms with E-state index in [-0.39, 0.29) is 0 Å². The molecule has 2 nitrogen and oxygen atoms in total. The maximum Gasteiger partial charge on any atom is 0.145 e. The molecule has 0 N–H and O–H groups in total. The molecule has 1 aromatic carbocycles. The molecule has 1 atom stereocenters. The van der Waals surface area contributed by atoms with Gasteiger partial charge in [0, 0.05) is 5.92 Å². The fourth-order valence-electron chi connectivity index (χ4n) is 1.60. The summed E-state index contributed by atoms with van der Waals surface area (Å²) in [6, 6.07) is 10.1. The first-order valence-corrected chi connectivity index (χ1v) is 6.01. The van der Waals surface area contributed by atoms with E-state index in [1.54, 1.807) is 0 Å². The van der Waals surface area contributed by atoms with Gasteiger partial charge in [-0.05, 0) is 24.5 Å². The first-order chi connectivity index (χ1) is 8.26. The zero-order chi connectivity index (χ0) is 12.5. The van der Waals surface area contributed by atoms with Gasteiger partial charge in [0.25, 0.3) is 0 Å². The van der Waals surface area contributed by atoms with Crippen molar-refractivity contribution in [1.29, 1.82) is 0 Å². The first kappa shape index (κ1) is 13.7. The van der Waals surface area contributed by atoms with Crippen LogP contribution >= 0.6 is 0 Å². The van der Waals surface area contributed by atoms with Crippen molar-refractivity contribution in [3.63, 3.8) is 0 Å². The molecule has 0 aliphatic rings. The van der Waals surface area contributed by atoms with Crippen LogP contribution in [0.4, 0.5) is 0 Å². The standard InChI is InChI=1S/C15H20O2/c1-3-14(9-13(2)10-16)11-17-12-15-7-5-4-6-8-15/h4-10,14H,3,11-12H2,1-2H3/b13-9-/t14-/m0/s1. The fraction of sp³-hybridized carbons (Fsp3) is 0.400. The van der Waals surface area contributed by atoms with Crippen LogP contribution in [0.2, 0.25) is 0 Å². The number of allylic oxidation sites excluding steroid dienone is 1. The Hall–Kier alpha value is -1.41. The molecule has 0 amide bonds. The Labute approximate surface area is 103 Å². The highest BCUT2D eigenvalue weighted by Gasteiger charge is 2.03. The number of hydrogen-bond donors (Lipinski definition) is 0. The number of ether oxygens (including phenoxy) is 1. The summed E-state index contributed by atoms with van der Waals surface area (Å²) in [5, 5.41) is 0. The number of hydrogen-bond acceptors (Lipinski definition) is 2. The zero-order valence-corrected chi connectivity index (χ0v) is 10.6. The van der Waals surface area contributed by atoms with Crippen LogP contribution in [0.15, 0.2) is 42.0 Å². The Bertz CT molecular complexity index is 354. The van der Waals surface area contributed by atoms with Gasteiger partial charge in [0.2, 0.25) is 0 Å². The third kappa shape index (κ3) is 5.45. The van der Waals surface area contributed by atoms with E-state index in [9.17, 15) is 4.79 Å². The highest BCUT2D eigenvalue weighted by Crippen LogP contribution is 2.09. The maximum absolute atomic E-state index is 10.5. The quantitative estimate of drug-likeness (QED) is 0.532. The molecule has 0 spiro atoms. The molecule has 0 aliphatic carbocycles. The van der Waals surface area contributed by atoms with Crippen molar-refractivity contribution in [3.8, 4) is 0 Å². The van der Waals surface area contributed by atoms with Crippen LogP contribution < -0.4 is 0 Å². The molecular weight excluding hydrogens is 212 g/mol. The van der Waals surface area contributed by atoms with Crippen molar-refractivity contribution in [3.05, 3.63) is 47.5 Å². The van der Waals surface area contributed by atoms with Gasteiger partial charge in [-0.2, -0.15) is 0 Å². The van der Waals surface area contributed by atoms with Crippen LogP contribution in [0.5, 0.6) is 0 Å². The summed E-state index contributed by atoms with van der Waals surface area (Å²) in [5.74, 6) is 0.323. The molecule has 17 heavy (non-hydrogen) atoms. The predicted molar refractivity (Wildman–Crippen MR) is 69.7 cm³/mol. The van der Waals surface area contributed by atoms with Crippen molar-refractivity contribution >= 4 is 6.29 Å². The van der Waals surface area contributed by atoms with E-state index in [1.165, 1.54) is 5.56 Å². The Morgan fingerprint density at radius 1 is 1.35 bits per heavy atom. The Kier molecular flexibility index (Phi) is 6.26. The fourth-order valence-corrected chi connectivity index (χ4v) is 1.60. The predicted octanol–water partition coefficient (Wildman–Crippen LogP) is 3.37. The van der Waals surface area contributed by atoms with E-state index < -0.39 is 0 Å². The van der Waals surface area contributed by atoms with Crippen molar-refractivity contribution in [2.75, 3.05) is 6.61 Å². The minimum atomic E-state index is 0.323. The summed E-state index contributed by atoms with van der Waals surface area (Å²) in [4.78, 5) is 10.5. The second kappa shape index (κ2) is 7.80. The highest BCUT2D eigenvalue weighted by atomic mass is 16.5. The van der Waals surface area contributed by atoms with E-state index in [2.05, 4.69) is 6.92 Å². The van der Waals surface area contributed by atoms with Gasteiger partial charge < -0.3 is 4.74 Å². The maximum atomic E-state index is 10.5. The Morgan fingerprint density at radius 2 is 2.06 bits per heavy atom. The third-order valence-electron chi connectivity index (χ3n) is 2.65. The van der Waals surface area contributed by atoms with Crippen molar-refractivity contribution in [2.45, 2.75) is 26.9 Å². The average Bonchev–Trinajstić information content (AvgIpc) is 2.38. The third-order valence-corrected chi connectivity index (χ3v) is 2.65. The first-order valence-electron chi connectivity index (χ1n) is 6.01. The lowest BCUT2D eigenvalue weighted by atomic mass is 10.1. The summed E-state index contributed by atoms with van der Waals surface area (Å²) < 4.78 is 5.66. The van der Waals surface area contributed by atoms with Crippen molar-refractivity contribution < 1.29 is 9.53 Å². The molecule has 0 saturated carbocycles. The van der Waals surface area contributed by atoms with E-state index in [0.29, 0.717) is 19.1 Å². The second-order valence-corrected chi connectivity index (χ2v) is 4.20. The Morgan fingerprint density at radius 3 is 2.65 bits per heavy atom. The minimum Gasteiger partial charge on any atom is -0.376 e. The molecule has 0 heterocycles. The lowest BCUT2D eigenvalue weighted by Crippen LogP contribution is -2.07. The summed E-state index contributed by atoms with van der Waals surface area (Å²) >= 11 is 0. The SMILES string of the molecule is CC[C@@H](/C=C(/C)C=O)COCc1ccccc1.